The summed E-state index contributed by atoms with van der Waals surface area (Å²) in [4.78, 5) is 25.7. The van der Waals surface area contributed by atoms with Crippen molar-refractivity contribution >= 4 is 11.9 Å². The molecule has 1 aliphatic heterocycles. The van der Waals surface area contributed by atoms with Gasteiger partial charge in [0.05, 0.1) is 6.04 Å². The van der Waals surface area contributed by atoms with Gasteiger partial charge in [-0.1, -0.05) is 32.9 Å². The molecule has 0 spiro atoms. The Morgan fingerprint density at radius 3 is 2.58 bits per heavy atom. The van der Waals surface area contributed by atoms with E-state index in [2.05, 4.69) is 31.4 Å². The van der Waals surface area contributed by atoms with Crippen LogP contribution in [0.25, 0.3) is 0 Å². The summed E-state index contributed by atoms with van der Waals surface area (Å²) in [7, 11) is 0. The number of carbonyl (C=O) groups excluding carboxylic acids is 2. The van der Waals surface area contributed by atoms with Crippen LogP contribution in [0.1, 0.15) is 45.2 Å². The van der Waals surface area contributed by atoms with E-state index in [4.69, 9.17) is 0 Å². The lowest BCUT2D eigenvalue weighted by Crippen LogP contribution is -2.43. The Hall–Kier alpha value is -2.11. The largest absolute Gasteiger partial charge is 0.354 e. The first-order valence-corrected chi connectivity index (χ1v) is 8.32. The van der Waals surface area contributed by atoms with Crippen LogP contribution in [0.5, 0.6) is 0 Å². The van der Waals surface area contributed by atoms with Crippen molar-refractivity contribution in [3.63, 3.8) is 0 Å². The summed E-state index contributed by atoms with van der Waals surface area (Å²) < 4.78 is 13.2. The van der Waals surface area contributed by atoms with Gasteiger partial charge in [-0.15, -0.1) is 0 Å². The third-order valence-corrected chi connectivity index (χ3v) is 3.99. The average molecular weight is 335 g/mol. The molecule has 0 aliphatic carbocycles. The van der Waals surface area contributed by atoms with Crippen molar-refractivity contribution < 1.29 is 14.0 Å². The Kier molecular flexibility index (Phi) is 5.80. The summed E-state index contributed by atoms with van der Waals surface area (Å²) >= 11 is 0. The maximum Gasteiger partial charge on any atom is 0.317 e. The highest BCUT2D eigenvalue weighted by molar-refractivity contribution is 5.79. The number of urea groups is 1. The first-order chi connectivity index (χ1) is 11.2. The number of nitrogens with zero attached hydrogens (tertiary/aromatic N) is 1. The number of nitrogens with one attached hydrogen (secondary N) is 2. The van der Waals surface area contributed by atoms with Gasteiger partial charge in [0.1, 0.15) is 5.82 Å². The van der Waals surface area contributed by atoms with Crippen molar-refractivity contribution in [3.8, 4) is 0 Å². The molecule has 24 heavy (non-hydrogen) atoms. The van der Waals surface area contributed by atoms with Crippen LogP contribution < -0.4 is 10.6 Å². The lowest BCUT2D eigenvalue weighted by Gasteiger charge is -2.30. The molecule has 0 radical (unpaired) electrons. The van der Waals surface area contributed by atoms with Gasteiger partial charge in [0.2, 0.25) is 5.91 Å². The van der Waals surface area contributed by atoms with Crippen LogP contribution in [0.15, 0.2) is 24.3 Å². The summed E-state index contributed by atoms with van der Waals surface area (Å²) in [5.41, 5.74) is 0.881. The molecule has 132 valence electrons. The monoisotopic (exact) mass is 335 g/mol. The normalized spacial score (nSPS) is 17.0. The predicted molar refractivity (Wildman–Crippen MR) is 90.9 cm³/mol. The van der Waals surface area contributed by atoms with Gasteiger partial charge in [-0.2, -0.15) is 0 Å². The number of rotatable bonds is 3. The SMILES string of the molecule is CC(C)(C)C[C@@H](NC(=O)N1CCNC(=O)CC1)c1ccc(F)cc1. The predicted octanol–water partition coefficient (Wildman–Crippen LogP) is 2.83. The summed E-state index contributed by atoms with van der Waals surface area (Å²) in [6.45, 7) is 7.66. The van der Waals surface area contributed by atoms with Crippen molar-refractivity contribution in [2.45, 2.75) is 39.7 Å². The maximum atomic E-state index is 13.2. The molecule has 2 rings (SSSR count). The first-order valence-electron chi connectivity index (χ1n) is 8.32. The van der Waals surface area contributed by atoms with Gasteiger partial charge in [-0.25, -0.2) is 9.18 Å². The number of hydrogen-bond acceptors (Lipinski definition) is 2. The molecule has 1 saturated heterocycles. The van der Waals surface area contributed by atoms with Crippen LogP contribution in [-0.4, -0.2) is 36.5 Å². The van der Waals surface area contributed by atoms with Gasteiger partial charge >= 0.3 is 6.03 Å². The van der Waals surface area contributed by atoms with E-state index in [0.29, 0.717) is 26.1 Å². The van der Waals surface area contributed by atoms with Gasteiger partial charge in [-0.05, 0) is 29.5 Å². The number of benzene rings is 1. The van der Waals surface area contributed by atoms with E-state index in [1.807, 2.05) is 0 Å². The van der Waals surface area contributed by atoms with Crippen LogP contribution >= 0.6 is 0 Å². The van der Waals surface area contributed by atoms with Crippen molar-refractivity contribution in [1.29, 1.82) is 0 Å². The third-order valence-electron chi connectivity index (χ3n) is 3.99. The smallest absolute Gasteiger partial charge is 0.317 e. The van der Waals surface area contributed by atoms with Crippen LogP contribution in [0.3, 0.4) is 0 Å². The molecule has 6 heteroatoms. The first kappa shape index (κ1) is 18.2. The zero-order chi connectivity index (χ0) is 17.7. The number of hydrogen-bond donors (Lipinski definition) is 2. The molecule has 1 aromatic carbocycles. The van der Waals surface area contributed by atoms with Gasteiger partial charge in [0.25, 0.3) is 0 Å². The Morgan fingerprint density at radius 1 is 1.29 bits per heavy atom. The third kappa shape index (κ3) is 5.51. The highest BCUT2D eigenvalue weighted by Crippen LogP contribution is 2.29. The van der Waals surface area contributed by atoms with Crippen molar-refractivity contribution in [3.05, 3.63) is 35.6 Å². The topological polar surface area (TPSA) is 61.4 Å². The van der Waals surface area contributed by atoms with Crippen LogP contribution in [0.4, 0.5) is 9.18 Å². The van der Waals surface area contributed by atoms with E-state index in [-0.39, 0.29) is 29.2 Å². The lowest BCUT2D eigenvalue weighted by molar-refractivity contribution is -0.120. The number of carbonyl (C=O) groups is 2. The molecule has 1 fully saturated rings. The zero-order valence-electron chi connectivity index (χ0n) is 14.6. The molecule has 0 unspecified atom stereocenters. The molecular weight excluding hydrogens is 309 g/mol. The molecule has 5 nitrogen and oxygen atoms in total. The zero-order valence-corrected chi connectivity index (χ0v) is 14.6. The van der Waals surface area contributed by atoms with Crippen molar-refractivity contribution in [2.24, 2.45) is 5.41 Å². The van der Waals surface area contributed by atoms with E-state index in [0.717, 1.165) is 12.0 Å². The summed E-state index contributed by atoms with van der Waals surface area (Å²) in [6.07, 6.45) is 1.04. The van der Waals surface area contributed by atoms with E-state index < -0.39 is 0 Å². The molecule has 0 saturated carbocycles. The minimum absolute atomic E-state index is 0.00262. The number of amides is 3. The molecule has 1 aliphatic rings. The molecule has 1 heterocycles. The highest BCUT2D eigenvalue weighted by atomic mass is 19.1. The summed E-state index contributed by atoms with van der Waals surface area (Å²) in [5.74, 6) is -0.327. The molecule has 1 atom stereocenters. The van der Waals surface area contributed by atoms with Crippen molar-refractivity contribution in [1.82, 2.24) is 15.5 Å². The van der Waals surface area contributed by atoms with Crippen LogP contribution in [0, 0.1) is 11.2 Å². The minimum Gasteiger partial charge on any atom is -0.354 e. The molecular formula is C18H26FN3O2. The standard InChI is InChI=1S/C18H26FN3O2/c1-18(2,3)12-15(13-4-6-14(19)7-5-13)21-17(24)22-10-8-16(23)20-9-11-22/h4-7,15H,8-12H2,1-3H3,(H,20,23)(H,21,24)/t15-/m1/s1. The second kappa shape index (κ2) is 7.64. The summed E-state index contributed by atoms with van der Waals surface area (Å²) in [6, 6.07) is 5.84. The second-order valence-electron chi connectivity index (χ2n) is 7.41. The highest BCUT2D eigenvalue weighted by Gasteiger charge is 2.25. The van der Waals surface area contributed by atoms with Gasteiger partial charge < -0.3 is 15.5 Å². The fourth-order valence-electron chi connectivity index (χ4n) is 2.77. The molecule has 0 bridgehead atoms. The van der Waals surface area contributed by atoms with E-state index in [1.165, 1.54) is 12.1 Å². The van der Waals surface area contributed by atoms with Crippen LogP contribution in [-0.2, 0) is 4.79 Å². The van der Waals surface area contributed by atoms with Gasteiger partial charge in [0.15, 0.2) is 0 Å². The maximum absolute atomic E-state index is 13.2. The fourth-order valence-corrected chi connectivity index (χ4v) is 2.77. The van der Waals surface area contributed by atoms with E-state index in [1.54, 1.807) is 17.0 Å². The summed E-state index contributed by atoms with van der Waals surface area (Å²) in [5, 5.41) is 5.80. The second-order valence-corrected chi connectivity index (χ2v) is 7.41. The average Bonchev–Trinajstić information content (AvgIpc) is 2.70. The molecule has 3 amide bonds. The Morgan fingerprint density at radius 2 is 1.96 bits per heavy atom. The Balaban J connectivity index is 2.10. The van der Waals surface area contributed by atoms with Gasteiger partial charge in [0, 0.05) is 26.1 Å². The molecule has 1 aromatic rings. The van der Waals surface area contributed by atoms with Crippen LogP contribution in [0.2, 0.25) is 0 Å². The Labute approximate surface area is 142 Å². The van der Waals surface area contributed by atoms with Crippen molar-refractivity contribution in [2.75, 3.05) is 19.6 Å². The fraction of sp³-hybridized carbons (Fsp3) is 0.556. The minimum atomic E-state index is -0.295. The van der Waals surface area contributed by atoms with Gasteiger partial charge in [-0.3, -0.25) is 4.79 Å². The quantitative estimate of drug-likeness (QED) is 0.892. The molecule has 0 aromatic heterocycles. The van der Waals surface area contributed by atoms with E-state index in [9.17, 15) is 14.0 Å². The molecule has 2 N–H and O–H groups in total. The number of halogens is 1. The Bertz CT molecular complexity index is 581. The lowest BCUT2D eigenvalue weighted by atomic mass is 9.85. The van der Waals surface area contributed by atoms with E-state index >= 15 is 0 Å².